The lowest BCUT2D eigenvalue weighted by atomic mass is 10.2. The van der Waals surface area contributed by atoms with E-state index in [1.54, 1.807) is 6.07 Å². The monoisotopic (exact) mass is 275 g/mol. The fourth-order valence-electron chi connectivity index (χ4n) is 1.60. The molecule has 2 N–H and O–H groups in total. The number of hydrogen-bond acceptors (Lipinski definition) is 2. The molecule has 0 bridgehead atoms. The molecular formula is C14H14FN3S. The predicted octanol–water partition coefficient (Wildman–Crippen LogP) is 3.02. The Labute approximate surface area is 116 Å². The van der Waals surface area contributed by atoms with Crippen molar-refractivity contribution in [3.05, 3.63) is 59.5 Å². The van der Waals surface area contributed by atoms with Gasteiger partial charge in [-0.2, -0.15) is 0 Å². The van der Waals surface area contributed by atoms with Gasteiger partial charge in [0.05, 0.1) is 0 Å². The Morgan fingerprint density at radius 1 is 1.26 bits per heavy atom. The molecule has 0 saturated heterocycles. The minimum absolute atomic E-state index is 0.251. The summed E-state index contributed by atoms with van der Waals surface area (Å²) in [6, 6.07) is 12.0. The van der Waals surface area contributed by atoms with Gasteiger partial charge in [-0.25, -0.2) is 9.37 Å². The molecule has 0 amide bonds. The van der Waals surface area contributed by atoms with Gasteiger partial charge in [-0.3, -0.25) is 0 Å². The quantitative estimate of drug-likeness (QED) is 0.844. The summed E-state index contributed by atoms with van der Waals surface area (Å²) in [5.74, 6) is 0.440. The summed E-state index contributed by atoms with van der Waals surface area (Å²) in [5, 5.41) is 6.45. The first-order valence-corrected chi connectivity index (χ1v) is 6.27. The molecule has 5 heteroatoms. The van der Waals surface area contributed by atoms with E-state index in [0.29, 0.717) is 17.5 Å². The van der Waals surface area contributed by atoms with Crippen LogP contribution in [0.1, 0.15) is 11.3 Å². The molecule has 0 radical (unpaired) electrons. The zero-order chi connectivity index (χ0) is 13.7. The molecule has 1 aromatic carbocycles. The Morgan fingerprint density at radius 2 is 2.05 bits per heavy atom. The Balaban J connectivity index is 1.88. The molecule has 0 spiro atoms. The van der Waals surface area contributed by atoms with E-state index in [1.165, 1.54) is 12.1 Å². The molecule has 2 rings (SSSR count). The lowest BCUT2D eigenvalue weighted by Gasteiger charge is -2.10. The van der Waals surface area contributed by atoms with Crippen molar-refractivity contribution < 1.29 is 4.39 Å². The molecule has 3 nitrogen and oxygen atoms in total. The highest BCUT2D eigenvalue weighted by Gasteiger charge is 2.00. The van der Waals surface area contributed by atoms with Crippen LogP contribution in [0.3, 0.4) is 0 Å². The number of thiocarbonyl (C=S) groups is 1. The Kier molecular flexibility index (Phi) is 4.41. The van der Waals surface area contributed by atoms with E-state index in [1.807, 2.05) is 31.2 Å². The molecule has 0 saturated carbocycles. The van der Waals surface area contributed by atoms with Crippen LogP contribution in [0.5, 0.6) is 0 Å². The van der Waals surface area contributed by atoms with Crippen molar-refractivity contribution in [2.45, 2.75) is 13.5 Å². The van der Waals surface area contributed by atoms with E-state index >= 15 is 0 Å². The average Bonchev–Trinajstić information content (AvgIpc) is 2.36. The van der Waals surface area contributed by atoms with Gasteiger partial charge in [0.25, 0.3) is 0 Å². The van der Waals surface area contributed by atoms with Crippen molar-refractivity contribution in [1.29, 1.82) is 0 Å². The first-order chi connectivity index (χ1) is 9.13. The highest BCUT2D eigenvalue weighted by molar-refractivity contribution is 7.80. The summed E-state index contributed by atoms with van der Waals surface area (Å²) in [6.07, 6.45) is 0. The number of anilines is 1. The highest BCUT2D eigenvalue weighted by Crippen LogP contribution is 2.05. The van der Waals surface area contributed by atoms with Crippen molar-refractivity contribution in [1.82, 2.24) is 10.3 Å². The van der Waals surface area contributed by atoms with Crippen molar-refractivity contribution in [3.63, 3.8) is 0 Å². The molecular weight excluding hydrogens is 261 g/mol. The van der Waals surface area contributed by atoms with Gasteiger partial charge in [-0.05, 0) is 49.0 Å². The van der Waals surface area contributed by atoms with E-state index in [9.17, 15) is 4.39 Å². The van der Waals surface area contributed by atoms with E-state index < -0.39 is 0 Å². The molecule has 1 heterocycles. The minimum atomic E-state index is -0.251. The summed E-state index contributed by atoms with van der Waals surface area (Å²) in [6.45, 7) is 2.38. The maximum absolute atomic E-state index is 13.0. The van der Waals surface area contributed by atoms with E-state index in [-0.39, 0.29) is 5.82 Å². The van der Waals surface area contributed by atoms with Crippen LogP contribution in [0.15, 0.2) is 42.5 Å². The van der Waals surface area contributed by atoms with Gasteiger partial charge >= 0.3 is 0 Å². The summed E-state index contributed by atoms with van der Waals surface area (Å²) in [4.78, 5) is 4.28. The highest BCUT2D eigenvalue weighted by atomic mass is 32.1. The molecule has 0 atom stereocenters. The SMILES string of the molecule is Cc1cccc(NC(=S)NCc2cccc(F)c2)n1. The standard InChI is InChI=1S/C14H14FN3S/c1-10-4-2-7-13(17-10)18-14(19)16-9-11-5-3-6-12(15)8-11/h2-8H,9H2,1H3,(H2,16,17,18,19). The van der Waals surface area contributed by atoms with Gasteiger partial charge in [-0.15, -0.1) is 0 Å². The molecule has 19 heavy (non-hydrogen) atoms. The number of benzene rings is 1. The lowest BCUT2D eigenvalue weighted by molar-refractivity contribution is 0.625. The molecule has 2 aromatic rings. The first kappa shape index (κ1) is 13.4. The van der Waals surface area contributed by atoms with Crippen LogP contribution in [0.4, 0.5) is 10.2 Å². The van der Waals surface area contributed by atoms with Crippen LogP contribution >= 0.6 is 12.2 Å². The average molecular weight is 275 g/mol. The second-order valence-electron chi connectivity index (χ2n) is 4.10. The van der Waals surface area contributed by atoms with Crippen LogP contribution in [-0.4, -0.2) is 10.1 Å². The maximum atomic E-state index is 13.0. The number of hydrogen-bond donors (Lipinski definition) is 2. The van der Waals surface area contributed by atoms with Gasteiger partial charge in [-0.1, -0.05) is 18.2 Å². The third-order valence-corrected chi connectivity index (χ3v) is 2.72. The number of aromatic nitrogens is 1. The third-order valence-electron chi connectivity index (χ3n) is 2.47. The van der Waals surface area contributed by atoms with Gasteiger partial charge in [0.2, 0.25) is 0 Å². The number of nitrogens with zero attached hydrogens (tertiary/aromatic N) is 1. The molecule has 98 valence electrons. The van der Waals surface area contributed by atoms with Crippen LogP contribution in [-0.2, 0) is 6.54 Å². The van der Waals surface area contributed by atoms with Crippen molar-refractivity contribution in [2.24, 2.45) is 0 Å². The smallest absolute Gasteiger partial charge is 0.172 e. The maximum Gasteiger partial charge on any atom is 0.172 e. The zero-order valence-electron chi connectivity index (χ0n) is 10.5. The Bertz CT molecular complexity index is 586. The summed E-state index contributed by atoms with van der Waals surface area (Å²) >= 11 is 5.16. The van der Waals surface area contributed by atoms with Crippen LogP contribution < -0.4 is 10.6 Å². The van der Waals surface area contributed by atoms with E-state index in [4.69, 9.17) is 12.2 Å². The zero-order valence-corrected chi connectivity index (χ0v) is 11.3. The minimum Gasteiger partial charge on any atom is -0.358 e. The van der Waals surface area contributed by atoms with Gasteiger partial charge < -0.3 is 10.6 Å². The normalized spacial score (nSPS) is 10.0. The number of nitrogens with one attached hydrogen (secondary N) is 2. The second kappa shape index (κ2) is 6.24. The van der Waals surface area contributed by atoms with Crippen LogP contribution in [0.2, 0.25) is 0 Å². The molecule has 0 aliphatic heterocycles. The summed E-state index contributed by atoms with van der Waals surface area (Å²) in [5.41, 5.74) is 1.75. The summed E-state index contributed by atoms with van der Waals surface area (Å²) in [7, 11) is 0. The fourth-order valence-corrected chi connectivity index (χ4v) is 1.78. The van der Waals surface area contributed by atoms with Crippen molar-refractivity contribution in [3.8, 4) is 0 Å². The number of aryl methyl sites for hydroxylation is 1. The molecule has 1 aromatic heterocycles. The topological polar surface area (TPSA) is 37.0 Å². The van der Waals surface area contributed by atoms with E-state index in [0.717, 1.165) is 11.3 Å². The van der Waals surface area contributed by atoms with Crippen LogP contribution in [0.25, 0.3) is 0 Å². The van der Waals surface area contributed by atoms with Crippen molar-refractivity contribution >= 4 is 23.1 Å². The largest absolute Gasteiger partial charge is 0.358 e. The lowest BCUT2D eigenvalue weighted by Crippen LogP contribution is -2.28. The van der Waals surface area contributed by atoms with Gasteiger partial charge in [0.15, 0.2) is 5.11 Å². The second-order valence-corrected chi connectivity index (χ2v) is 4.51. The third kappa shape index (κ3) is 4.30. The first-order valence-electron chi connectivity index (χ1n) is 5.86. The number of pyridine rings is 1. The van der Waals surface area contributed by atoms with Crippen LogP contribution in [0, 0.1) is 12.7 Å². The predicted molar refractivity (Wildman–Crippen MR) is 78.4 cm³/mol. The molecule has 0 fully saturated rings. The molecule has 0 aliphatic rings. The van der Waals surface area contributed by atoms with Crippen molar-refractivity contribution in [2.75, 3.05) is 5.32 Å². The Hall–Kier alpha value is -2.01. The number of rotatable bonds is 3. The van der Waals surface area contributed by atoms with E-state index in [2.05, 4.69) is 15.6 Å². The summed E-state index contributed by atoms with van der Waals surface area (Å²) < 4.78 is 13.0. The molecule has 0 aliphatic carbocycles. The Morgan fingerprint density at radius 3 is 2.79 bits per heavy atom. The molecule has 0 unspecified atom stereocenters. The van der Waals surface area contributed by atoms with Gasteiger partial charge in [0.1, 0.15) is 11.6 Å². The fraction of sp³-hybridized carbons (Fsp3) is 0.143. The number of halogens is 1. The van der Waals surface area contributed by atoms with Gasteiger partial charge in [0, 0.05) is 12.2 Å².